The minimum absolute atomic E-state index is 0.261. The molecule has 1 aromatic rings. The summed E-state index contributed by atoms with van der Waals surface area (Å²) in [6.07, 6.45) is 2.35. The van der Waals surface area contributed by atoms with Crippen molar-refractivity contribution in [2.45, 2.75) is 12.8 Å². The number of thiocarbonyl (C=S) groups is 1. The molecule has 1 fully saturated rings. The zero-order valence-corrected chi connectivity index (χ0v) is 9.19. The van der Waals surface area contributed by atoms with Crippen molar-refractivity contribution in [3.63, 3.8) is 0 Å². The summed E-state index contributed by atoms with van der Waals surface area (Å²) in [5, 5.41) is 0. The maximum atomic E-state index is 13.1. The first-order chi connectivity index (χ1) is 7.18. The third kappa shape index (κ3) is 2.09. The molecule has 0 amide bonds. The van der Waals surface area contributed by atoms with E-state index in [4.69, 9.17) is 18.0 Å². The highest BCUT2D eigenvalue weighted by Crippen LogP contribution is 2.25. The van der Waals surface area contributed by atoms with Gasteiger partial charge in [0.05, 0.1) is 0 Å². The van der Waals surface area contributed by atoms with Crippen molar-refractivity contribution in [3.05, 3.63) is 29.6 Å². The number of benzene rings is 1. The highest BCUT2D eigenvalue weighted by Gasteiger charge is 2.17. The van der Waals surface area contributed by atoms with Gasteiger partial charge in [-0.3, -0.25) is 0 Å². The number of halogens is 1. The van der Waals surface area contributed by atoms with Gasteiger partial charge in [-0.25, -0.2) is 4.39 Å². The molecule has 0 aromatic heterocycles. The van der Waals surface area contributed by atoms with Crippen molar-refractivity contribution in [2.24, 2.45) is 5.73 Å². The molecule has 0 spiro atoms. The molecule has 1 aromatic carbocycles. The third-order valence-corrected chi connectivity index (χ3v) is 2.89. The van der Waals surface area contributed by atoms with Crippen molar-refractivity contribution >= 4 is 22.9 Å². The Morgan fingerprint density at radius 3 is 2.60 bits per heavy atom. The van der Waals surface area contributed by atoms with Crippen LogP contribution < -0.4 is 10.6 Å². The van der Waals surface area contributed by atoms with Crippen molar-refractivity contribution in [2.75, 3.05) is 18.0 Å². The average molecular weight is 224 g/mol. The molecule has 0 atom stereocenters. The predicted octanol–water partition coefficient (Wildman–Crippen LogP) is 2.06. The van der Waals surface area contributed by atoms with Crippen LogP contribution in [0.5, 0.6) is 0 Å². The standard InChI is InChI=1S/C11H13FN2S/c12-8-3-4-10(9(7-8)11(13)15)14-5-1-2-6-14/h3-4,7H,1-2,5-6H2,(H2,13,15). The van der Waals surface area contributed by atoms with E-state index in [1.165, 1.54) is 25.0 Å². The van der Waals surface area contributed by atoms with Crippen LogP contribution in [0.25, 0.3) is 0 Å². The molecule has 1 saturated heterocycles. The molecule has 1 heterocycles. The molecule has 0 saturated carbocycles. The number of nitrogens with zero attached hydrogens (tertiary/aromatic N) is 1. The third-order valence-electron chi connectivity index (χ3n) is 2.67. The molecule has 0 radical (unpaired) electrons. The fraction of sp³-hybridized carbons (Fsp3) is 0.364. The van der Waals surface area contributed by atoms with Gasteiger partial charge in [0.25, 0.3) is 0 Å². The molecule has 1 aliphatic rings. The van der Waals surface area contributed by atoms with Crippen molar-refractivity contribution in [1.82, 2.24) is 0 Å². The lowest BCUT2D eigenvalue weighted by Gasteiger charge is -2.20. The maximum absolute atomic E-state index is 13.1. The Morgan fingerprint density at radius 2 is 2.00 bits per heavy atom. The molecule has 2 nitrogen and oxygen atoms in total. The first kappa shape index (κ1) is 10.4. The first-order valence-electron chi connectivity index (χ1n) is 5.03. The van der Waals surface area contributed by atoms with E-state index in [1.807, 2.05) is 0 Å². The summed E-state index contributed by atoms with van der Waals surface area (Å²) in [4.78, 5) is 2.46. The van der Waals surface area contributed by atoms with Crippen LogP contribution >= 0.6 is 12.2 Å². The van der Waals surface area contributed by atoms with Gasteiger partial charge in [0.1, 0.15) is 10.8 Å². The smallest absolute Gasteiger partial charge is 0.124 e. The van der Waals surface area contributed by atoms with Crippen LogP contribution in [0.1, 0.15) is 18.4 Å². The summed E-state index contributed by atoms with van der Waals surface area (Å²) in [6, 6.07) is 4.63. The van der Waals surface area contributed by atoms with Crippen LogP contribution in [0.3, 0.4) is 0 Å². The molecule has 0 bridgehead atoms. The van der Waals surface area contributed by atoms with E-state index in [2.05, 4.69) is 4.90 Å². The average Bonchev–Trinajstić information content (AvgIpc) is 2.70. The van der Waals surface area contributed by atoms with E-state index >= 15 is 0 Å². The number of nitrogens with two attached hydrogens (primary N) is 1. The number of anilines is 1. The van der Waals surface area contributed by atoms with Gasteiger partial charge in [-0.15, -0.1) is 0 Å². The fourth-order valence-electron chi connectivity index (χ4n) is 1.94. The summed E-state index contributed by atoms with van der Waals surface area (Å²) >= 11 is 4.93. The van der Waals surface area contributed by atoms with Crippen molar-refractivity contribution in [3.8, 4) is 0 Å². The lowest BCUT2D eigenvalue weighted by atomic mass is 10.1. The van der Waals surface area contributed by atoms with E-state index in [0.717, 1.165) is 18.8 Å². The van der Waals surface area contributed by atoms with E-state index in [1.54, 1.807) is 6.07 Å². The van der Waals surface area contributed by atoms with Gasteiger partial charge in [0.2, 0.25) is 0 Å². The second-order valence-electron chi connectivity index (χ2n) is 3.72. The lowest BCUT2D eigenvalue weighted by molar-refractivity contribution is 0.627. The molecular formula is C11H13FN2S. The number of hydrogen-bond acceptors (Lipinski definition) is 2. The predicted molar refractivity (Wildman–Crippen MR) is 63.7 cm³/mol. The highest BCUT2D eigenvalue weighted by molar-refractivity contribution is 7.80. The van der Waals surface area contributed by atoms with Crippen LogP contribution in [0.15, 0.2) is 18.2 Å². The van der Waals surface area contributed by atoms with Gasteiger partial charge in [0.15, 0.2) is 0 Å². The molecule has 15 heavy (non-hydrogen) atoms. The number of hydrogen-bond donors (Lipinski definition) is 1. The Bertz CT molecular complexity index is 386. The largest absolute Gasteiger partial charge is 0.389 e. The zero-order valence-electron chi connectivity index (χ0n) is 8.37. The van der Waals surface area contributed by atoms with Gasteiger partial charge >= 0.3 is 0 Å². The fourth-order valence-corrected chi connectivity index (χ4v) is 2.10. The van der Waals surface area contributed by atoms with Crippen LogP contribution in [-0.2, 0) is 0 Å². The van der Waals surface area contributed by atoms with E-state index in [0.29, 0.717) is 5.56 Å². The quantitative estimate of drug-likeness (QED) is 0.780. The molecule has 2 rings (SSSR count). The second-order valence-corrected chi connectivity index (χ2v) is 4.16. The minimum Gasteiger partial charge on any atom is -0.389 e. The van der Waals surface area contributed by atoms with Crippen molar-refractivity contribution < 1.29 is 4.39 Å². The van der Waals surface area contributed by atoms with E-state index in [-0.39, 0.29) is 10.8 Å². The lowest BCUT2D eigenvalue weighted by Crippen LogP contribution is -2.22. The Morgan fingerprint density at radius 1 is 1.33 bits per heavy atom. The Hall–Kier alpha value is -1.16. The summed E-state index contributed by atoms with van der Waals surface area (Å²) < 4.78 is 13.1. The van der Waals surface area contributed by atoms with Crippen LogP contribution in [0, 0.1) is 5.82 Å². The van der Waals surface area contributed by atoms with E-state index in [9.17, 15) is 4.39 Å². The molecule has 4 heteroatoms. The van der Waals surface area contributed by atoms with Gasteiger partial charge in [-0.1, -0.05) is 12.2 Å². The van der Waals surface area contributed by atoms with Gasteiger partial charge in [-0.2, -0.15) is 0 Å². The number of rotatable bonds is 2. The topological polar surface area (TPSA) is 29.3 Å². The Kier molecular flexibility index (Phi) is 2.86. The van der Waals surface area contributed by atoms with E-state index < -0.39 is 0 Å². The summed E-state index contributed by atoms with van der Waals surface area (Å²) in [7, 11) is 0. The monoisotopic (exact) mass is 224 g/mol. The van der Waals surface area contributed by atoms with Gasteiger partial charge in [-0.05, 0) is 31.0 Å². The summed E-state index contributed by atoms with van der Waals surface area (Å²) in [5.41, 5.74) is 7.19. The molecule has 1 aliphatic heterocycles. The first-order valence-corrected chi connectivity index (χ1v) is 5.43. The van der Waals surface area contributed by atoms with Crippen LogP contribution in [-0.4, -0.2) is 18.1 Å². The zero-order chi connectivity index (χ0) is 10.8. The molecule has 80 valence electrons. The molecular weight excluding hydrogens is 211 g/mol. The van der Waals surface area contributed by atoms with Gasteiger partial charge < -0.3 is 10.6 Å². The highest BCUT2D eigenvalue weighted by atomic mass is 32.1. The summed E-state index contributed by atoms with van der Waals surface area (Å²) in [6.45, 7) is 2.00. The normalized spacial score (nSPS) is 15.7. The molecule has 0 unspecified atom stereocenters. The van der Waals surface area contributed by atoms with Crippen LogP contribution in [0.4, 0.5) is 10.1 Å². The van der Waals surface area contributed by atoms with Crippen molar-refractivity contribution in [1.29, 1.82) is 0 Å². The molecule has 2 N–H and O–H groups in total. The Balaban J connectivity index is 2.40. The van der Waals surface area contributed by atoms with Crippen LogP contribution in [0.2, 0.25) is 0 Å². The summed E-state index contributed by atoms with van der Waals surface area (Å²) in [5.74, 6) is -0.291. The maximum Gasteiger partial charge on any atom is 0.124 e. The van der Waals surface area contributed by atoms with Gasteiger partial charge in [0, 0.05) is 24.3 Å². The SMILES string of the molecule is NC(=S)c1cc(F)ccc1N1CCCC1. The minimum atomic E-state index is -0.291. The molecule has 0 aliphatic carbocycles. The second kappa shape index (κ2) is 4.14. The Labute approximate surface area is 93.9 Å².